The van der Waals surface area contributed by atoms with Gasteiger partial charge in [-0.2, -0.15) is 0 Å². The second-order valence-electron chi connectivity index (χ2n) is 3.11. The van der Waals surface area contributed by atoms with Gasteiger partial charge in [-0.3, -0.25) is 0 Å². The molecule has 0 spiro atoms. The molecule has 2 nitrogen and oxygen atoms in total. The Morgan fingerprint density at radius 3 is 2.92 bits per heavy atom. The topological polar surface area (TPSA) is 21.3 Å². The van der Waals surface area contributed by atoms with Crippen molar-refractivity contribution in [3.05, 3.63) is 12.8 Å². The van der Waals surface area contributed by atoms with Gasteiger partial charge in [0.05, 0.1) is 12.9 Å². The molecule has 72 valence electrons. The summed E-state index contributed by atoms with van der Waals surface area (Å²) in [7, 11) is 0. The predicted molar refractivity (Wildman–Crippen MR) is 53.1 cm³/mol. The van der Waals surface area contributed by atoms with E-state index < -0.39 is 0 Å². The molecular weight excluding hydrogens is 150 g/mol. The van der Waals surface area contributed by atoms with Crippen LogP contribution < -0.4 is 5.32 Å². The van der Waals surface area contributed by atoms with Gasteiger partial charge in [-0.15, -0.1) is 0 Å². The average Bonchev–Trinajstić information content (AvgIpc) is 2.10. The van der Waals surface area contributed by atoms with E-state index >= 15 is 0 Å². The highest BCUT2D eigenvalue weighted by molar-refractivity contribution is 4.55. The lowest BCUT2D eigenvalue weighted by atomic mass is 10.1. The van der Waals surface area contributed by atoms with Crippen molar-refractivity contribution in [3.8, 4) is 0 Å². The van der Waals surface area contributed by atoms with Crippen LogP contribution in [0.5, 0.6) is 0 Å². The Balaban J connectivity index is 2.95. The Bertz CT molecular complexity index is 104. The van der Waals surface area contributed by atoms with Gasteiger partial charge in [0.25, 0.3) is 0 Å². The molecule has 12 heavy (non-hydrogen) atoms. The third-order valence-electron chi connectivity index (χ3n) is 1.92. The smallest absolute Gasteiger partial charge is 0.0885 e. The highest BCUT2D eigenvalue weighted by atomic mass is 16.5. The van der Waals surface area contributed by atoms with Crippen LogP contribution in [0.15, 0.2) is 12.8 Å². The average molecular weight is 171 g/mol. The molecule has 0 fully saturated rings. The minimum absolute atomic E-state index is 0.775. The van der Waals surface area contributed by atoms with Crippen molar-refractivity contribution in [2.24, 2.45) is 5.92 Å². The molecule has 0 rings (SSSR count). The standard InChI is InChI=1S/C10H21NO/c1-4-10(3)9-11-7-6-8-12-5-2/h5,10-11H,2,4,6-9H2,1,3H3. The zero-order valence-electron chi connectivity index (χ0n) is 8.31. The van der Waals surface area contributed by atoms with Crippen LogP contribution in [0, 0.1) is 5.92 Å². The summed E-state index contributed by atoms with van der Waals surface area (Å²) < 4.78 is 4.99. The molecule has 0 bridgehead atoms. The molecule has 0 radical (unpaired) electrons. The van der Waals surface area contributed by atoms with Crippen molar-refractivity contribution in [2.45, 2.75) is 26.7 Å². The SMILES string of the molecule is C=COCCCNCC(C)CC. The summed E-state index contributed by atoms with van der Waals surface area (Å²) in [6.45, 7) is 10.9. The first kappa shape index (κ1) is 11.5. The summed E-state index contributed by atoms with van der Waals surface area (Å²) in [5, 5.41) is 3.38. The molecule has 0 aliphatic rings. The molecule has 0 aliphatic carbocycles. The number of hydrogen-bond donors (Lipinski definition) is 1. The lowest BCUT2D eigenvalue weighted by Gasteiger charge is -2.09. The fraction of sp³-hybridized carbons (Fsp3) is 0.800. The van der Waals surface area contributed by atoms with Crippen molar-refractivity contribution in [2.75, 3.05) is 19.7 Å². The third kappa shape index (κ3) is 7.61. The quantitative estimate of drug-likeness (QED) is 0.446. The Morgan fingerprint density at radius 2 is 2.33 bits per heavy atom. The third-order valence-corrected chi connectivity index (χ3v) is 1.92. The van der Waals surface area contributed by atoms with Crippen LogP contribution in [0.2, 0.25) is 0 Å². The maximum atomic E-state index is 4.99. The first-order valence-electron chi connectivity index (χ1n) is 4.74. The van der Waals surface area contributed by atoms with E-state index in [1.807, 2.05) is 0 Å². The normalized spacial score (nSPS) is 12.5. The van der Waals surface area contributed by atoms with Gasteiger partial charge in [0.15, 0.2) is 0 Å². The van der Waals surface area contributed by atoms with E-state index in [1.165, 1.54) is 12.7 Å². The van der Waals surface area contributed by atoms with Crippen LogP contribution in [-0.2, 0) is 4.74 Å². The molecule has 0 aromatic carbocycles. The summed E-state index contributed by atoms with van der Waals surface area (Å²) >= 11 is 0. The van der Waals surface area contributed by atoms with Crippen molar-refractivity contribution >= 4 is 0 Å². The molecule has 0 aromatic heterocycles. The second-order valence-corrected chi connectivity index (χ2v) is 3.11. The molecule has 0 aliphatic heterocycles. The predicted octanol–water partition coefficient (Wildman–Crippen LogP) is 2.17. The lowest BCUT2D eigenvalue weighted by Crippen LogP contribution is -2.22. The van der Waals surface area contributed by atoms with Crippen LogP contribution in [0.4, 0.5) is 0 Å². The summed E-state index contributed by atoms with van der Waals surface area (Å²) in [6, 6.07) is 0. The van der Waals surface area contributed by atoms with Crippen LogP contribution in [0.1, 0.15) is 26.7 Å². The van der Waals surface area contributed by atoms with Crippen LogP contribution in [-0.4, -0.2) is 19.7 Å². The van der Waals surface area contributed by atoms with Gasteiger partial charge in [-0.25, -0.2) is 0 Å². The van der Waals surface area contributed by atoms with Crippen molar-refractivity contribution in [1.29, 1.82) is 0 Å². The summed E-state index contributed by atoms with van der Waals surface area (Å²) in [5.41, 5.74) is 0. The van der Waals surface area contributed by atoms with Gasteiger partial charge < -0.3 is 10.1 Å². The molecule has 1 atom stereocenters. The van der Waals surface area contributed by atoms with Crippen molar-refractivity contribution in [1.82, 2.24) is 5.32 Å². The van der Waals surface area contributed by atoms with Crippen LogP contribution >= 0.6 is 0 Å². The van der Waals surface area contributed by atoms with Crippen molar-refractivity contribution in [3.63, 3.8) is 0 Å². The Labute approximate surface area is 76.0 Å². The zero-order valence-corrected chi connectivity index (χ0v) is 8.31. The number of nitrogens with one attached hydrogen (secondary N) is 1. The van der Waals surface area contributed by atoms with E-state index in [2.05, 4.69) is 25.7 Å². The minimum Gasteiger partial charge on any atom is -0.502 e. The van der Waals surface area contributed by atoms with E-state index in [0.29, 0.717) is 0 Å². The van der Waals surface area contributed by atoms with Gasteiger partial charge in [0.2, 0.25) is 0 Å². The van der Waals surface area contributed by atoms with E-state index in [0.717, 1.165) is 32.0 Å². The summed E-state index contributed by atoms with van der Waals surface area (Å²) in [6.07, 6.45) is 3.80. The van der Waals surface area contributed by atoms with E-state index in [-0.39, 0.29) is 0 Å². The maximum Gasteiger partial charge on any atom is 0.0885 e. The molecular formula is C10H21NO. The number of hydrogen-bond acceptors (Lipinski definition) is 2. The number of ether oxygens (including phenoxy) is 1. The van der Waals surface area contributed by atoms with Gasteiger partial charge in [0, 0.05) is 0 Å². The minimum atomic E-state index is 0.775. The lowest BCUT2D eigenvalue weighted by molar-refractivity contribution is 0.244. The van der Waals surface area contributed by atoms with Crippen LogP contribution in [0.25, 0.3) is 0 Å². The zero-order chi connectivity index (χ0) is 9.23. The Kier molecular flexibility index (Phi) is 8.24. The van der Waals surface area contributed by atoms with Gasteiger partial charge in [-0.05, 0) is 25.4 Å². The van der Waals surface area contributed by atoms with E-state index in [9.17, 15) is 0 Å². The van der Waals surface area contributed by atoms with Crippen LogP contribution in [0.3, 0.4) is 0 Å². The molecule has 2 heteroatoms. The molecule has 1 unspecified atom stereocenters. The highest BCUT2D eigenvalue weighted by Gasteiger charge is 1.96. The molecule has 0 saturated heterocycles. The van der Waals surface area contributed by atoms with Crippen molar-refractivity contribution < 1.29 is 4.74 Å². The first-order chi connectivity index (χ1) is 5.81. The monoisotopic (exact) mass is 171 g/mol. The largest absolute Gasteiger partial charge is 0.502 e. The molecule has 0 saturated carbocycles. The summed E-state index contributed by atoms with van der Waals surface area (Å²) in [4.78, 5) is 0. The molecule has 0 heterocycles. The van der Waals surface area contributed by atoms with Gasteiger partial charge in [-0.1, -0.05) is 26.8 Å². The Morgan fingerprint density at radius 1 is 1.58 bits per heavy atom. The fourth-order valence-corrected chi connectivity index (χ4v) is 0.857. The van der Waals surface area contributed by atoms with Gasteiger partial charge in [0.1, 0.15) is 0 Å². The molecule has 0 amide bonds. The van der Waals surface area contributed by atoms with E-state index in [4.69, 9.17) is 4.74 Å². The Hall–Kier alpha value is -0.500. The van der Waals surface area contributed by atoms with Gasteiger partial charge >= 0.3 is 0 Å². The maximum absolute atomic E-state index is 4.99. The van der Waals surface area contributed by atoms with E-state index in [1.54, 1.807) is 0 Å². The highest BCUT2D eigenvalue weighted by Crippen LogP contribution is 1.96. The molecule has 1 N–H and O–H groups in total. The first-order valence-corrected chi connectivity index (χ1v) is 4.74. The molecule has 0 aromatic rings. The number of rotatable bonds is 8. The second kappa shape index (κ2) is 8.60. The summed E-state index contributed by atoms with van der Waals surface area (Å²) in [5.74, 6) is 0.783. The fourth-order valence-electron chi connectivity index (χ4n) is 0.857.